The molecule has 0 aliphatic heterocycles. The molecule has 1 heterocycles. The molecular weight excluding hydrogens is 366 g/mol. The van der Waals surface area contributed by atoms with E-state index in [1.54, 1.807) is 6.92 Å². The molecule has 0 bridgehead atoms. The van der Waals surface area contributed by atoms with E-state index in [0.717, 1.165) is 15.0 Å². The van der Waals surface area contributed by atoms with Crippen LogP contribution in [0.25, 0.3) is 0 Å². The molecule has 3 nitrogen and oxygen atoms in total. The van der Waals surface area contributed by atoms with Crippen molar-refractivity contribution >= 4 is 52.9 Å². The summed E-state index contributed by atoms with van der Waals surface area (Å²) in [7, 11) is 0. The van der Waals surface area contributed by atoms with Crippen molar-refractivity contribution in [2.45, 2.75) is 6.92 Å². The molecule has 7 heteroatoms. The van der Waals surface area contributed by atoms with Crippen LogP contribution in [0.5, 0.6) is 0 Å². The first-order valence-corrected chi connectivity index (χ1v) is 8.78. The first-order valence-electron chi connectivity index (χ1n) is 5.49. The van der Waals surface area contributed by atoms with E-state index in [4.69, 9.17) is 16.7 Å². The Morgan fingerprint density at radius 1 is 1.30 bits per heavy atom. The Morgan fingerprint density at radius 2 is 1.90 bits per heavy atom. The number of thiophene rings is 1. The number of benzene rings is 1. The normalized spacial score (nSPS) is 11.2. The number of carbonyl (C=O) groups excluding carboxylic acids is 1. The quantitative estimate of drug-likeness (QED) is 0.836. The summed E-state index contributed by atoms with van der Waals surface area (Å²) in [6.07, 6.45) is 0. The van der Waals surface area contributed by atoms with Gasteiger partial charge in [-0.1, -0.05) is 0 Å². The van der Waals surface area contributed by atoms with E-state index in [2.05, 4.69) is 0 Å². The van der Waals surface area contributed by atoms with Crippen LogP contribution in [0.2, 0.25) is 5.02 Å². The number of hydrogen-bond donors (Lipinski definition) is 1. The van der Waals surface area contributed by atoms with Gasteiger partial charge in [-0.3, -0.25) is 0 Å². The first kappa shape index (κ1) is 15.2. The van der Waals surface area contributed by atoms with Gasteiger partial charge in [0.05, 0.1) is 0 Å². The summed E-state index contributed by atoms with van der Waals surface area (Å²) < 4.78 is 13.5. The summed E-state index contributed by atoms with van der Waals surface area (Å²) in [6, 6.07) is 5.33. The molecule has 0 saturated heterocycles. The summed E-state index contributed by atoms with van der Waals surface area (Å²) in [5, 5.41) is 9.20. The first-order chi connectivity index (χ1) is 9.40. The molecule has 0 aliphatic rings. The molecule has 1 atom stereocenters. The minimum absolute atomic E-state index is 0.0647. The zero-order valence-corrected chi connectivity index (χ0v) is 13.9. The predicted octanol–water partition coefficient (Wildman–Crippen LogP) is 2.45. The van der Waals surface area contributed by atoms with Crippen LogP contribution in [-0.2, 0) is 0 Å². The van der Waals surface area contributed by atoms with Gasteiger partial charge in [0, 0.05) is 0 Å². The molecule has 20 heavy (non-hydrogen) atoms. The molecule has 1 N–H and O–H groups in total. The fraction of sp³-hybridized carbons (Fsp3) is 0.0769. The van der Waals surface area contributed by atoms with Gasteiger partial charge in [-0.25, -0.2) is 0 Å². The van der Waals surface area contributed by atoms with Crippen molar-refractivity contribution < 1.29 is 19.1 Å². The summed E-state index contributed by atoms with van der Waals surface area (Å²) >= 11 is 5.79. The minimum atomic E-state index is -1.21. The molecule has 0 radical (unpaired) electrons. The van der Waals surface area contributed by atoms with Crippen molar-refractivity contribution in [1.29, 1.82) is 0 Å². The van der Waals surface area contributed by atoms with Crippen molar-refractivity contribution in [3.63, 3.8) is 0 Å². The van der Waals surface area contributed by atoms with E-state index < -0.39 is 27.5 Å². The monoisotopic (exact) mass is 374 g/mol. The maximum absolute atomic E-state index is 12.8. The topological polar surface area (TPSA) is 54.4 Å². The van der Waals surface area contributed by atoms with E-state index in [-0.39, 0.29) is 14.5 Å². The van der Waals surface area contributed by atoms with Gasteiger partial charge in [-0.05, 0) is 0 Å². The van der Waals surface area contributed by atoms with Gasteiger partial charge in [0.15, 0.2) is 0 Å². The zero-order valence-electron chi connectivity index (χ0n) is 10.2. The number of hydrogen-bond acceptors (Lipinski definition) is 3. The Labute approximate surface area is 130 Å². The van der Waals surface area contributed by atoms with Crippen LogP contribution < -0.4 is 3.66 Å². The molecule has 0 amide bonds. The van der Waals surface area contributed by atoms with Gasteiger partial charge in [-0.15, -0.1) is 0 Å². The van der Waals surface area contributed by atoms with Crippen molar-refractivity contribution in [1.82, 2.24) is 0 Å². The van der Waals surface area contributed by atoms with E-state index in [0.29, 0.717) is 11.1 Å². The third-order valence-corrected chi connectivity index (χ3v) is 7.80. The number of carboxylic acids is 1. The fourth-order valence-corrected chi connectivity index (χ4v) is 6.07. The standard InChI is InChI=1S/C13H9AsClFO3S/c1-6-9(15)10(13(18)19)20-12(6)14-11(17)7-2-4-8(16)5-3-7/h2-5,14H,1H3,(H,18,19). The summed E-state index contributed by atoms with van der Waals surface area (Å²) in [6.45, 7) is 1.71. The van der Waals surface area contributed by atoms with E-state index in [1.165, 1.54) is 24.3 Å². The van der Waals surface area contributed by atoms with Crippen LogP contribution in [0, 0.1) is 12.7 Å². The maximum atomic E-state index is 12.8. The van der Waals surface area contributed by atoms with Gasteiger partial charge in [0.25, 0.3) is 0 Å². The predicted molar refractivity (Wildman–Crippen MR) is 78.5 cm³/mol. The fourth-order valence-electron chi connectivity index (χ4n) is 1.53. The molecule has 0 aliphatic carbocycles. The van der Waals surface area contributed by atoms with Gasteiger partial charge < -0.3 is 0 Å². The van der Waals surface area contributed by atoms with Crippen LogP contribution in [0.15, 0.2) is 24.3 Å². The number of rotatable bonds is 4. The van der Waals surface area contributed by atoms with Crippen LogP contribution >= 0.6 is 22.9 Å². The average Bonchev–Trinajstić information content (AvgIpc) is 2.68. The second-order valence-corrected chi connectivity index (χ2v) is 8.65. The Kier molecular flexibility index (Phi) is 4.63. The van der Waals surface area contributed by atoms with Crippen molar-refractivity contribution in [3.05, 3.63) is 51.1 Å². The van der Waals surface area contributed by atoms with E-state index >= 15 is 0 Å². The SMILES string of the molecule is Cc1c([AsH]C(=O)c2ccc(F)cc2)sc(C(=O)O)c1Cl. The second-order valence-electron chi connectivity index (χ2n) is 3.97. The molecule has 104 valence electrons. The third kappa shape index (κ3) is 3.11. The van der Waals surface area contributed by atoms with Gasteiger partial charge in [0.2, 0.25) is 0 Å². The van der Waals surface area contributed by atoms with E-state index in [1.807, 2.05) is 0 Å². The Hall–Kier alpha value is -1.16. The van der Waals surface area contributed by atoms with Crippen LogP contribution in [0.3, 0.4) is 0 Å². The molecule has 1 aromatic heterocycles. The van der Waals surface area contributed by atoms with Crippen LogP contribution in [-0.4, -0.2) is 31.4 Å². The summed E-state index contributed by atoms with van der Waals surface area (Å²) in [4.78, 5) is 23.2. The molecule has 0 spiro atoms. The van der Waals surface area contributed by atoms with Gasteiger partial charge >= 0.3 is 130 Å². The van der Waals surface area contributed by atoms with Crippen molar-refractivity contribution in [3.8, 4) is 0 Å². The second kappa shape index (κ2) is 6.08. The molecule has 2 rings (SSSR count). The average molecular weight is 375 g/mol. The number of carbonyl (C=O) groups is 2. The Morgan fingerprint density at radius 3 is 2.40 bits per heavy atom. The van der Waals surface area contributed by atoms with Gasteiger partial charge in [-0.2, -0.15) is 0 Å². The number of halogens is 2. The van der Waals surface area contributed by atoms with Crippen molar-refractivity contribution in [2.75, 3.05) is 0 Å². The van der Waals surface area contributed by atoms with Crippen LogP contribution in [0.4, 0.5) is 4.39 Å². The van der Waals surface area contributed by atoms with E-state index in [9.17, 15) is 14.0 Å². The molecule has 2 aromatic rings. The Balaban J connectivity index is 2.26. The molecular formula is C13H9AsClFO3S. The summed E-state index contributed by atoms with van der Waals surface area (Å²) in [5.74, 6) is -1.49. The molecule has 0 fully saturated rings. The zero-order chi connectivity index (χ0) is 14.9. The van der Waals surface area contributed by atoms with Crippen molar-refractivity contribution in [2.24, 2.45) is 0 Å². The van der Waals surface area contributed by atoms with Crippen LogP contribution in [0.1, 0.15) is 25.6 Å². The molecule has 0 saturated carbocycles. The summed E-state index contributed by atoms with van der Waals surface area (Å²) in [5.41, 5.74) is 1.09. The Bertz CT molecular complexity index is 682. The third-order valence-electron chi connectivity index (χ3n) is 2.60. The molecule has 1 aromatic carbocycles. The van der Waals surface area contributed by atoms with Gasteiger partial charge in [0.1, 0.15) is 0 Å². The number of aromatic carboxylic acids is 1. The molecule has 1 unspecified atom stereocenters. The number of carboxylic acid groups (broad SMARTS) is 1.